The number of halogens is 3. The number of carbonyl (C=O) groups excluding carboxylic acids is 4. The number of phenols is 1. The first-order valence-corrected chi connectivity index (χ1v) is 15.2. The Morgan fingerprint density at radius 2 is 1.50 bits per heavy atom. The second-order valence-electron chi connectivity index (χ2n) is 12.2. The predicted molar refractivity (Wildman–Crippen MR) is 153 cm³/mol. The van der Waals surface area contributed by atoms with Crippen LogP contribution in [0.3, 0.4) is 0 Å². The molecule has 0 aromatic heterocycles. The summed E-state index contributed by atoms with van der Waals surface area (Å²) in [6.45, 7) is 0. The topological polar surface area (TPSA) is 95.0 Å². The molecule has 4 fully saturated rings. The second kappa shape index (κ2) is 9.64. The van der Waals surface area contributed by atoms with E-state index in [4.69, 9.17) is 23.2 Å². The molecule has 6 atom stereocenters. The molecule has 2 aromatic carbocycles. The quantitative estimate of drug-likeness (QED) is 0.284. The maximum atomic E-state index is 14.3. The van der Waals surface area contributed by atoms with E-state index in [0.717, 1.165) is 49.1 Å². The van der Waals surface area contributed by atoms with Crippen LogP contribution in [0.1, 0.15) is 56.4 Å². The van der Waals surface area contributed by atoms with E-state index in [1.807, 2.05) is 6.08 Å². The summed E-state index contributed by atoms with van der Waals surface area (Å²) in [4.78, 5) is 54.7. The molecule has 0 radical (unpaired) electrons. The van der Waals surface area contributed by atoms with Gasteiger partial charge in [0.1, 0.15) is 11.6 Å². The van der Waals surface area contributed by atoms with Crippen LogP contribution in [-0.4, -0.2) is 49.4 Å². The van der Waals surface area contributed by atoms with Crippen molar-refractivity contribution >= 4 is 52.5 Å². The Hall–Kier alpha value is -3.23. The van der Waals surface area contributed by atoms with Gasteiger partial charge in [0.2, 0.25) is 11.8 Å². The maximum absolute atomic E-state index is 14.3. The van der Waals surface area contributed by atoms with Crippen LogP contribution in [0, 0.1) is 23.6 Å². The summed E-state index contributed by atoms with van der Waals surface area (Å²) in [6, 6.07) is 11.0. The normalized spacial score (nSPS) is 34.8. The molecule has 2 aliphatic heterocycles. The van der Waals surface area contributed by atoms with Crippen LogP contribution in [0.4, 0.5) is 10.1 Å². The summed E-state index contributed by atoms with van der Waals surface area (Å²) in [5.41, 5.74) is 1.38. The number of alkyl halides is 2. The van der Waals surface area contributed by atoms with Crippen molar-refractivity contribution in [2.45, 2.75) is 66.7 Å². The lowest BCUT2D eigenvalue weighted by molar-refractivity contribution is -0.143. The van der Waals surface area contributed by atoms with Gasteiger partial charge in [-0.25, -0.2) is 9.29 Å². The molecule has 7 rings (SSSR count). The number of fused-ring (bicyclic) bond motifs is 4. The largest absolute Gasteiger partial charge is 0.508 e. The van der Waals surface area contributed by atoms with Crippen LogP contribution in [0.25, 0.3) is 0 Å². The zero-order valence-electron chi connectivity index (χ0n) is 22.6. The van der Waals surface area contributed by atoms with Gasteiger partial charge in [0.15, 0.2) is 9.75 Å². The number of allylic oxidation sites excluding steroid dienone is 2. The molecule has 2 saturated carbocycles. The minimum Gasteiger partial charge on any atom is -0.508 e. The van der Waals surface area contributed by atoms with Gasteiger partial charge in [-0.15, -0.1) is 23.2 Å². The van der Waals surface area contributed by atoms with Gasteiger partial charge in [0.25, 0.3) is 11.8 Å². The first kappa shape index (κ1) is 27.6. The number of rotatable bonds is 3. The summed E-state index contributed by atoms with van der Waals surface area (Å²) in [5.74, 6) is -5.27. The third kappa shape index (κ3) is 3.63. The van der Waals surface area contributed by atoms with Crippen molar-refractivity contribution in [3.8, 4) is 5.75 Å². The number of amides is 4. The van der Waals surface area contributed by atoms with E-state index in [1.165, 1.54) is 29.2 Å². The molecule has 4 amide bonds. The molecule has 0 spiro atoms. The van der Waals surface area contributed by atoms with E-state index in [9.17, 15) is 28.7 Å². The summed E-state index contributed by atoms with van der Waals surface area (Å²) < 4.78 is 13.8. The van der Waals surface area contributed by atoms with Crippen molar-refractivity contribution in [2.75, 3.05) is 4.90 Å². The number of benzene rings is 2. The smallest absolute Gasteiger partial charge is 0.258 e. The summed E-state index contributed by atoms with van der Waals surface area (Å²) in [5, 5.41) is 10.0. The highest BCUT2D eigenvalue weighted by atomic mass is 35.5. The van der Waals surface area contributed by atoms with Crippen LogP contribution >= 0.6 is 23.2 Å². The zero-order chi connectivity index (χ0) is 29.6. The monoisotopic (exact) mass is 610 g/mol. The Bertz CT molecular complexity index is 1540. The Labute approximate surface area is 252 Å². The molecule has 42 heavy (non-hydrogen) atoms. The van der Waals surface area contributed by atoms with Crippen LogP contribution < -0.4 is 4.90 Å². The third-order valence-corrected chi connectivity index (χ3v) is 11.5. The fourth-order valence-electron chi connectivity index (χ4n) is 8.16. The molecule has 0 unspecified atom stereocenters. The Kier molecular flexibility index (Phi) is 6.34. The number of hydrogen-bond acceptors (Lipinski definition) is 5. The minimum absolute atomic E-state index is 0.00557. The van der Waals surface area contributed by atoms with Gasteiger partial charge in [-0.05, 0) is 73.6 Å². The predicted octanol–water partition coefficient (Wildman–Crippen LogP) is 5.43. The number of aromatic hydroxyl groups is 1. The van der Waals surface area contributed by atoms with Crippen molar-refractivity contribution < 1.29 is 28.7 Å². The van der Waals surface area contributed by atoms with Crippen molar-refractivity contribution in [1.29, 1.82) is 0 Å². The molecular weight excluding hydrogens is 582 g/mol. The van der Waals surface area contributed by atoms with Gasteiger partial charge in [0.05, 0.1) is 17.5 Å². The highest BCUT2D eigenvalue weighted by molar-refractivity contribution is 6.58. The fraction of sp³-hybridized carbons (Fsp3) is 0.438. The number of imide groups is 2. The van der Waals surface area contributed by atoms with Gasteiger partial charge >= 0.3 is 0 Å². The Morgan fingerprint density at radius 3 is 2.17 bits per heavy atom. The number of likely N-dealkylation sites (tertiary alicyclic amines) is 1. The lowest BCUT2D eigenvalue weighted by atomic mass is 9.56. The molecule has 0 bridgehead atoms. The lowest BCUT2D eigenvalue weighted by Crippen LogP contribution is -2.60. The standard InChI is InChI=1S/C32H29Cl2FN2O5/c33-31-16-24-22(14-15-23-25(24)28(40)36(27(23)39)19-4-2-1-3-5-19)26(17-6-12-21(38)13-7-17)32(31,34)30(42)37(29(31)41)20-10-8-18(35)9-11-20/h6-14,19,23-26,38H,1-5,15-16H2/t23-,24+,25-,26-,31+,32-/m0/s1. The molecule has 2 heterocycles. The first-order valence-electron chi connectivity index (χ1n) is 14.5. The number of hydrogen-bond donors (Lipinski definition) is 1. The van der Waals surface area contributed by atoms with Gasteiger partial charge in [0, 0.05) is 12.0 Å². The van der Waals surface area contributed by atoms with Gasteiger partial charge in [-0.3, -0.25) is 24.1 Å². The van der Waals surface area contributed by atoms with E-state index < -0.39 is 51.1 Å². The van der Waals surface area contributed by atoms with Gasteiger partial charge < -0.3 is 5.11 Å². The van der Waals surface area contributed by atoms with E-state index in [-0.39, 0.29) is 35.7 Å². The molecule has 5 aliphatic rings. The average molecular weight is 611 g/mol. The van der Waals surface area contributed by atoms with Crippen molar-refractivity contribution in [3.63, 3.8) is 0 Å². The van der Waals surface area contributed by atoms with Crippen molar-refractivity contribution in [2.24, 2.45) is 17.8 Å². The SMILES string of the molecule is O=C1[C@H]2[C@H](CC=C3[C@H]2C[C@@]2(Cl)C(=O)N(c4ccc(F)cc4)C(=O)[C@@]2(Cl)[C@H]3c2ccc(O)cc2)C(=O)N1C1CCCCC1. The average Bonchev–Trinajstić information content (AvgIpc) is 3.32. The van der Waals surface area contributed by atoms with E-state index >= 15 is 0 Å². The van der Waals surface area contributed by atoms with Crippen LogP contribution in [-0.2, 0) is 19.2 Å². The summed E-state index contributed by atoms with van der Waals surface area (Å²) in [6.07, 6.45) is 6.66. The molecule has 3 aliphatic carbocycles. The number of phenolic OH excluding ortho intramolecular Hbond substituents is 1. The van der Waals surface area contributed by atoms with Crippen molar-refractivity contribution in [1.82, 2.24) is 4.90 Å². The maximum Gasteiger partial charge on any atom is 0.258 e. The molecular formula is C32H29Cl2FN2O5. The lowest BCUT2D eigenvalue weighted by Gasteiger charge is -2.50. The number of nitrogens with zero attached hydrogens (tertiary/aromatic N) is 2. The fourth-order valence-corrected chi connectivity index (χ4v) is 9.10. The molecule has 2 aromatic rings. The van der Waals surface area contributed by atoms with Crippen molar-refractivity contribution in [3.05, 3.63) is 71.6 Å². The molecule has 1 N–H and O–H groups in total. The van der Waals surface area contributed by atoms with Crippen LogP contribution in [0.15, 0.2) is 60.2 Å². The van der Waals surface area contributed by atoms with E-state index in [2.05, 4.69) is 0 Å². The second-order valence-corrected chi connectivity index (χ2v) is 13.4. The van der Waals surface area contributed by atoms with Gasteiger partial charge in [-0.2, -0.15) is 0 Å². The summed E-state index contributed by atoms with van der Waals surface area (Å²) >= 11 is 14.7. The minimum atomic E-state index is -1.99. The van der Waals surface area contributed by atoms with Crippen LogP contribution in [0.2, 0.25) is 0 Å². The molecule has 7 nitrogen and oxygen atoms in total. The Morgan fingerprint density at radius 1 is 0.833 bits per heavy atom. The highest BCUT2D eigenvalue weighted by Crippen LogP contribution is 2.66. The summed E-state index contributed by atoms with van der Waals surface area (Å²) in [7, 11) is 0. The van der Waals surface area contributed by atoms with Gasteiger partial charge in [-0.1, -0.05) is 43.0 Å². The number of anilines is 1. The molecule has 218 valence electrons. The van der Waals surface area contributed by atoms with Crippen LogP contribution in [0.5, 0.6) is 5.75 Å². The molecule has 10 heteroatoms. The Balaban J connectivity index is 1.37. The van der Waals surface area contributed by atoms with E-state index in [0.29, 0.717) is 17.6 Å². The first-order chi connectivity index (χ1) is 20.1. The highest BCUT2D eigenvalue weighted by Gasteiger charge is 2.76. The third-order valence-electron chi connectivity index (χ3n) is 10.1. The molecule has 2 saturated heterocycles. The van der Waals surface area contributed by atoms with E-state index in [1.54, 1.807) is 12.1 Å². The zero-order valence-corrected chi connectivity index (χ0v) is 24.2. The number of carbonyl (C=O) groups is 4.